The second kappa shape index (κ2) is 7.20. The highest BCUT2D eigenvalue weighted by Crippen LogP contribution is 2.05. The molecule has 2 rings (SSSR count). The second-order valence-electron chi connectivity index (χ2n) is 4.72. The monoisotopic (exact) mass is 267 g/mol. The van der Waals surface area contributed by atoms with E-state index in [1.165, 1.54) is 0 Å². The fraction of sp³-hybridized carbons (Fsp3) is 0.750. The van der Waals surface area contributed by atoms with Gasteiger partial charge in [0.2, 0.25) is 5.91 Å². The van der Waals surface area contributed by atoms with Crippen molar-refractivity contribution in [1.82, 2.24) is 24.8 Å². The molecule has 1 aliphatic heterocycles. The van der Waals surface area contributed by atoms with E-state index < -0.39 is 0 Å². The van der Waals surface area contributed by atoms with Gasteiger partial charge in [-0.1, -0.05) is 5.21 Å². The van der Waals surface area contributed by atoms with Crippen molar-refractivity contribution in [1.29, 1.82) is 0 Å². The van der Waals surface area contributed by atoms with Crippen molar-refractivity contribution >= 4 is 5.91 Å². The van der Waals surface area contributed by atoms with Crippen LogP contribution in [0.4, 0.5) is 0 Å². The summed E-state index contributed by atoms with van der Waals surface area (Å²) in [4.78, 5) is 16.2. The molecule has 2 heterocycles. The molecule has 1 aliphatic rings. The highest BCUT2D eigenvalue weighted by Gasteiger charge is 2.18. The summed E-state index contributed by atoms with van der Waals surface area (Å²) in [5.41, 5.74) is 0. The highest BCUT2D eigenvalue weighted by molar-refractivity contribution is 5.76. The van der Waals surface area contributed by atoms with E-state index in [9.17, 15) is 4.79 Å². The molecule has 7 nitrogen and oxygen atoms in total. The number of amides is 1. The Morgan fingerprint density at radius 2 is 2.11 bits per heavy atom. The summed E-state index contributed by atoms with van der Waals surface area (Å²) in [5.74, 6) is 0.168. The third-order valence-corrected chi connectivity index (χ3v) is 3.38. The van der Waals surface area contributed by atoms with Crippen molar-refractivity contribution < 1.29 is 9.90 Å². The molecule has 0 aliphatic carbocycles. The van der Waals surface area contributed by atoms with Gasteiger partial charge in [-0.25, -0.2) is 0 Å². The number of aromatic nitrogens is 3. The van der Waals surface area contributed by atoms with Crippen LogP contribution in [0.1, 0.15) is 12.8 Å². The first kappa shape index (κ1) is 14.0. The topological polar surface area (TPSA) is 74.5 Å². The lowest BCUT2D eigenvalue weighted by atomic mass is 10.3. The van der Waals surface area contributed by atoms with Crippen molar-refractivity contribution in [2.24, 2.45) is 0 Å². The fourth-order valence-corrected chi connectivity index (χ4v) is 2.31. The number of aliphatic hydroxyl groups is 1. The Morgan fingerprint density at radius 3 is 2.84 bits per heavy atom. The zero-order valence-electron chi connectivity index (χ0n) is 11.1. The standard InChI is InChI=1S/C12H21N5O2/c18-11-10-15-4-1-5-16(9-8-15)12(19)2-6-17-7-3-13-14-17/h3,7,18H,1-2,4-6,8-11H2. The predicted octanol–water partition coefficient (Wildman–Crippen LogP) is -0.805. The molecule has 0 spiro atoms. The number of hydrogen-bond donors (Lipinski definition) is 1. The molecule has 1 saturated heterocycles. The van der Waals surface area contributed by atoms with Gasteiger partial charge in [0.1, 0.15) is 0 Å². The molecule has 0 bridgehead atoms. The minimum atomic E-state index is 0.168. The second-order valence-corrected chi connectivity index (χ2v) is 4.72. The van der Waals surface area contributed by atoms with Crippen LogP contribution in [0.5, 0.6) is 0 Å². The number of rotatable bonds is 5. The third-order valence-electron chi connectivity index (χ3n) is 3.38. The molecule has 106 valence electrons. The largest absolute Gasteiger partial charge is 0.395 e. The Bertz CT molecular complexity index is 381. The van der Waals surface area contributed by atoms with E-state index in [0.29, 0.717) is 19.5 Å². The van der Waals surface area contributed by atoms with Gasteiger partial charge in [0, 0.05) is 38.8 Å². The van der Waals surface area contributed by atoms with Gasteiger partial charge in [-0.15, -0.1) is 5.10 Å². The molecule has 7 heteroatoms. The van der Waals surface area contributed by atoms with Crippen molar-refractivity contribution in [2.75, 3.05) is 39.3 Å². The van der Waals surface area contributed by atoms with Gasteiger partial charge >= 0.3 is 0 Å². The van der Waals surface area contributed by atoms with E-state index in [1.54, 1.807) is 17.1 Å². The summed E-state index contributed by atoms with van der Waals surface area (Å²) in [6, 6.07) is 0. The summed E-state index contributed by atoms with van der Waals surface area (Å²) in [6.45, 7) is 4.80. The van der Waals surface area contributed by atoms with E-state index in [-0.39, 0.29) is 12.5 Å². The molecule has 0 radical (unpaired) electrons. The van der Waals surface area contributed by atoms with Crippen LogP contribution in [0, 0.1) is 0 Å². The maximum Gasteiger partial charge on any atom is 0.224 e. The maximum atomic E-state index is 12.1. The molecule has 1 N–H and O–H groups in total. The SMILES string of the molecule is O=C(CCn1ccnn1)N1CCCN(CCO)CC1. The lowest BCUT2D eigenvalue weighted by molar-refractivity contribution is -0.131. The van der Waals surface area contributed by atoms with Crippen LogP contribution in [-0.2, 0) is 11.3 Å². The summed E-state index contributed by atoms with van der Waals surface area (Å²) in [7, 11) is 0. The van der Waals surface area contributed by atoms with Gasteiger partial charge in [-0.05, 0) is 13.0 Å². The van der Waals surface area contributed by atoms with Crippen LogP contribution < -0.4 is 0 Å². The molecule has 1 aromatic heterocycles. The molecule has 1 fully saturated rings. The average Bonchev–Trinajstić information content (AvgIpc) is 2.82. The minimum Gasteiger partial charge on any atom is -0.395 e. The smallest absolute Gasteiger partial charge is 0.224 e. The van der Waals surface area contributed by atoms with Crippen molar-refractivity contribution in [2.45, 2.75) is 19.4 Å². The molecular weight excluding hydrogens is 246 g/mol. The average molecular weight is 267 g/mol. The van der Waals surface area contributed by atoms with E-state index in [1.807, 2.05) is 4.90 Å². The normalized spacial score (nSPS) is 17.4. The number of hydrogen-bond acceptors (Lipinski definition) is 5. The Labute approximate surface area is 112 Å². The van der Waals surface area contributed by atoms with Crippen LogP contribution in [0.3, 0.4) is 0 Å². The summed E-state index contributed by atoms with van der Waals surface area (Å²) < 4.78 is 1.67. The highest BCUT2D eigenvalue weighted by atomic mass is 16.3. The van der Waals surface area contributed by atoms with Crippen LogP contribution in [0.25, 0.3) is 0 Å². The predicted molar refractivity (Wildman–Crippen MR) is 69.4 cm³/mol. The quantitative estimate of drug-likeness (QED) is 0.755. The summed E-state index contributed by atoms with van der Waals surface area (Å²) in [5, 5.41) is 16.5. The van der Waals surface area contributed by atoms with Gasteiger partial charge in [0.15, 0.2) is 0 Å². The molecule has 0 atom stereocenters. The fourth-order valence-electron chi connectivity index (χ4n) is 2.31. The Hall–Kier alpha value is -1.47. The number of aryl methyl sites for hydroxylation is 1. The lowest BCUT2D eigenvalue weighted by Gasteiger charge is -2.21. The Morgan fingerprint density at radius 1 is 1.21 bits per heavy atom. The number of β-amino-alcohol motifs (C(OH)–C–C–N with tert-alkyl or cyclic N) is 1. The van der Waals surface area contributed by atoms with Gasteiger partial charge in [0.05, 0.1) is 19.3 Å². The molecule has 1 amide bonds. The summed E-state index contributed by atoms with van der Waals surface area (Å²) >= 11 is 0. The Balaban J connectivity index is 1.76. The zero-order chi connectivity index (χ0) is 13.5. The first-order valence-electron chi connectivity index (χ1n) is 6.74. The first-order valence-corrected chi connectivity index (χ1v) is 6.74. The Kier molecular flexibility index (Phi) is 5.29. The summed E-state index contributed by atoms with van der Waals surface area (Å²) in [6.07, 6.45) is 4.81. The number of carbonyl (C=O) groups excluding carboxylic acids is 1. The molecule has 1 aromatic rings. The van der Waals surface area contributed by atoms with Crippen molar-refractivity contribution in [3.8, 4) is 0 Å². The van der Waals surface area contributed by atoms with E-state index in [4.69, 9.17) is 5.11 Å². The van der Waals surface area contributed by atoms with Gasteiger partial charge < -0.3 is 10.0 Å². The maximum absolute atomic E-state index is 12.1. The van der Waals surface area contributed by atoms with E-state index in [2.05, 4.69) is 15.2 Å². The van der Waals surface area contributed by atoms with Gasteiger partial charge in [-0.2, -0.15) is 0 Å². The van der Waals surface area contributed by atoms with Crippen LogP contribution in [0.2, 0.25) is 0 Å². The van der Waals surface area contributed by atoms with Crippen LogP contribution in [-0.4, -0.2) is 75.1 Å². The van der Waals surface area contributed by atoms with Crippen molar-refractivity contribution in [3.63, 3.8) is 0 Å². The third kappa shape index (κ3) is 4.29. The molecule has 0 unspecified atom stereocenters. The minimum absolute atomic E-state index is 0.168. The van der Waals surface area contributed by atoms with Crippen LogP contribution >= 0.6 is 0 Å². The van der Waals surface area contributed by atoms with E-state index >= 15 is 0 Å². The number of carbonyl (C=O) groups is 1. The zero-order valence-corrected chi connectivity index (χ0v) is 11.1. The number of nitrogens with zero attached hydrogens (tertiary/aromatic N) is 5. The molecular formula is C12H21N5O2. The molecule has 0 saturated carbocycles. The van der Waals surface area contributed by atoms with Crippen LogP contribution in [0.15, 0.2) is 12.4 Å². The first-order chi connectivity index (χ1) is 9.29. The van der Waals surface area contributed by atoms with Crippen molar-refractivity contribution in [3.05, 3.63) is 12.4 Å². The number of aliphatic hydroxyl groups excluding tert-OH is 1. The van der Waals surface area contributed by atoms with Gasteiger partial charge in [0.25, 0.3) is 0 Å². The molecule has 0 aromatic carbocycles. The van der Waals surface area contributed by atoms with E-state index in [0.717, 1.165) is 32.6 Å². The van der Waals surface area contributed by atoms with Gasteiger partial charge in [-0.3, -0.25) is 14.4 Å². The molecule has 19 heavy (non-hydrogen) atoms. The lowest BCUT2D eigenvalue weighted by Crippen LogP contribution is -2.36.